The van der Waals surface area contributed by atoms with E-state index in [1.165, 1.54) is 83.5 Å². The molecule has 0 N–H and O–H groups in total. The highest BCUT2D eigenvalue weighted by Gasteiger charge is 2.19. The molecular formula is C32H52O5. The van der Waals surface area contributed by atoms with Crippen LogP contribution in [0.15, 0.2) is 27.4 Å². The van der Waals surface area contributed by atoms with Gasteiger partial charge < -0.3 is 18.6 Å². The quantitative estimate of drug-likeness (QED) is 0.115. The molecule has 1 heterocycles. The van der Waals surface area contributed by atoms with Crippen molar-refractivity contribution in [2.75, 3.05) is 13.2 Å². The zero-order valence-electron chi connectivity index (χ0n) is 24.1. The minimum Gasteiger partial charge on any atom is -0.493 e. The molecule has 0 amide bonds. The van der Waals surface area contributed by atoms with E-state index in [9.17, 15) is 4.79 Å². The Morgan fingerprint density at radius 1 is 0.676 bits per heavy atom. The van der Waals surface area contributed by atoms with Crippen molar-refractivity contribution in [3.8, 4) is 17.2 Å². The average Bonchev–Trinajstić information content (AvgIpc) is 2.88. The second kappa shape index (κ2) is 19.0. The lowest BCUT2D eigenvalue weighted by Gasteiger charge is -2.16. The molecule has 0 unspecified atom stereocenters. The van der Waals surface area contributed by atoms with Gasteiger partial charge in [0, 0.05) is 6.07 Å². The molecule has 2 aromatic rings. The first kappa shape index (κ1) is 31.1. The van der Waals surface area contributed by atoms with Crippen molar-refractivity contribution in [2.24, 2.45) is 0 Å². The van der Waals surface area contributed by atoms with Gasteiger partial charge in [-0.05, 0) is 38.8 Å². The molecule has 0 saturated carbocycles. The molecule has 210 valence electrons. The summed E-state index contributed by atoms with van der Waals surface area (Å²) in [6.07, 6.45) is 19.8. The van der Waals surface area contributed by atoms with Crippen LogP contribution in [0.5, 0.6) is 17.2 Å². The monoisotopic (exact) mass is 516 g/mol. The van der Waals surface area contributed by atoms with Crippen LogP contribution >= 0.6 is 0 Å². The predicted molar refractivity (Wildman–Crippen MR) is 154 cm³/mol. The van der Waals surface area contributed by atoms with Crippen LogP contribution in [0.2, 0.25) is 0 Å². The fourth-order valence-corrected chi connectivity index (χ4v) is 4.54. The standard InChI is InChI=1S/C32H52O5/c1-5-7-9-11-13-15-17-19-23-34-27-21-22-28-29(25-27)37-32(33)31(36-26(3)4)30(28)35-24-20-18-16-14-12-10-8-6-2/h21-22,25-26H,5-20,23-24H2,1-4H3. The third kappa shape index (κ3) is 12.3. The molecule has 5 heteroatoms. The molecule has 0 radical (unpaired) electrons. The summed E-state index contributed by atoms with van der Waals surface area (Å²) >= 11 is 0. The van der Waals surface area contributed by atoms with Gasteiger partial charge >= 0.3 is 5.63 Å². The molecule has 0 aliphatic heterocycles. The van der Waals surface area contributed by atoms with Crippen LogP contribution < -0.4 is 19.8 Å². The fraction of sp³-hybridized carbons (Fsp3) is 0.719. The highest BCUT2D eigenvalue weighted by atomic mass is 16.5. The second-order valence-corrected chi connectivity index (χ2v) is 10.5. The van der Waals surface area contributed by atoms with Crippen molar-refractivity contribution in [3.63, 3.8) is 0 Å². The maximum Gasteiger partial charge on any atom is 0.383 e. The Balaban J connectivity index is 1.92. The summed E-state index contributed by atoms with van der Waals surface area (Å²) in [5.41, 5.74) is -0.0344. The van der Waals surface area contributed by atoms with Gasteiger partial charge in [0.2, 0.25) is 5.75 Å². The highest BCUT2D eigenvalue weighted by Crippen LogP contribution is 2.35. The van der Waals surface area contributed by atoms with Crippen LogP contribution in [0.4, 0.5) is 0 Å². The first-order valence-corrected chi connectivity index (χ1v) is 15.1. The fourth-order valence-electron chi connectivity index (χ4n) is 4.54. The van der Waals surface area contributed by atoms with E-state index in [-0.39, 0.29) is 11.9 Å². The van der Waals surface area contributed by atoms with Crippen LogP contribution in [-0.2, 0) is 0 Å². The third-order valence-electron chi connectivity index (χ3n) is 6.66. The number of benzene rings is 1. The molecule has 5 nitrogen and oxygen atoms in total. The summed E-state index contributed by atoms with van der Waals surface area (Å²) in [6.45, 7) is 9.51. The first-order valence-electron chi connectivity index (χ1n) is 15.1. The largest absolute Gasteiger partial charge is 0.493 e. The van der Waals surface area contributed by atoms with Crippen molar-refractivity contribution in [1.82, 2.24) is 0 Å². The minimum atomic E-state index is -0.507. The van der Waals surface area contributed by atoms with Crippen LogP contribution in [0.25, 0.3) is 11.0 Å². The second-order valence-electron chi connectivity index (χ2n) is 10.5. The van der Waals surface area contributed by atoms with Crippen molar-refractivity contribution < 1.29 is 18.6 Å². The molecule has 1 aromatic heterocycles. The molecule has 0 aliphatic carbocycles. The molecule has 0 saturated heterocycles. The van der Waals surface area contributed by atoms with Gasteiger partial charge in [-0.1, -0.05) is 104 Å². The Kier molecular flexibility index (Phi) is 15.9. The van der Waals surface area contributed by atoms with Gasteiger partial charge in [0.05, 0.1) is 24.7 Å². The van der Waals surface area contributed by atoms with Crippen molar-refractivity contribution >= 4 is 11.0 Å². The van der Waals surface area contributed by atoms with E-state index < -0.39 is 5.63 Å². The van der Waals surface area contributed by atoms with Crippen LogP contribution in [0, 0.1) is 0 Å². The van der Waals surface area contributed by atoms with Crippen LogP contribution in [0.1, 0.15) is 130 Å². The van der Waals surface area contributed by atoms with E-state index in [1.54, 1.807) is 6.07 Å². The molecule has 0 bridgehead atoms. The van der Waals surface area contributed by atoms with E-state index in [0.29, 0.717) is 30.3 Å². The SMILES string of the molecule is CCCCCCCCCCOc1ccc2c(OCCCCCCCCCC)c(OC(C)C)c(=O)oc2c1. The zero-order valence-corrected chi connectivity index (χ0v) is 24.1. The summed E-state index contributed by atoms with van der Waals surface area (Å²) < 4.78 is 23.5. The summed E-state index contributed by atoms with van der Waals surface area (Å²) in [4.78, 5) is 12.8. The molecule has 0 spiro atoms. The Bertz CT molecular complexity index is 917. The summed E-state index contributed by atoms with van der Waals surface area (Å²) in [6, 6.07) is 5.64. The maximum atomic E-state index is 12.8. The molecule has 0 atom stereocenters. The van der Waals surface area contributed by atoms with Crippen molar-refractivity contribution in [1.29, 1.82) is 0 Å². The van der Waals surface area contributed by atoms with E-state index >= 15 is 0 Å². The topological polar surface area (TPSA) is 57.9 Å². The van der Waals surface area contributed by atoms with Crippen LogP contribution in [-0.4, -0.2) is 19.3 Å². The highest BCUT2D eigenvalue weighted by molar-refractivity contribution is 5.86. The average molecular weight is 517 g/mol. The lowest BCUT2D eigenvalue weighted by Crippen LogP contribution is -2.15. The van der Waals surface area contributed by atoms with Gasteiger partial charge in [-0.25, -0.2) is 4.79 Å². The molecule has 0 fully saturated rings. The lowest BCUT2D eigenvalue weighted by atomic mass is 10.1. The number of unbranched alkanes of at least 4 members (excludes halogenated alkanes) is 14. The normalized spacial score (nSPS) is 11.4. The van der Waals surface area contributed by atoms with Crippen molar-refractivity contribution in [2.45, 2.75) is 137 Å². The van der Waals surface area contributed by atoms with Gasteiger partial charge in [-0.2, -0.15) is 0 Å². The molecule has 1 aromatic carbocycles. The number of hydrogen-bond donors (Lipinski definition) is 0. The van der Waals surface area contributed by atoms with E-state index in [2.05, 4.69) is 13.8 Å². The summed E-state index contributed by atoms with van der Waals surface area (Å²) in [7, 11) is 0. The smallest absolute Gasteiger partial charge is 0.383 e. The van der Waals surface area contributed by atoms with E-state index in [1.807, 2.05) is 26.0 Å². The predicted octanol–water partition coefficient (Wildman–Crippen LogP) is 9.62. The molecule has 37 heavy (non-hydrogen) atoms. The zero-order chi connectivity index (χ0) is 26.7. The van der Waals surface area contributed by atoms with E-state index in [0.717, 1.165) is 24.6 Å². The van der Waals surface area contributed by atoms with Gasteiger partial charge in [-0.3, -0.25) is 0 Å². The third-order valence-corrected chi connectivity index (χ3v) is 6.66. The summed E-state index contributed by atoms with van der Waals surface area (Å²) in [5.74, 6) is 1.36. The number of hydrogen-bond acceptors (Lipinski definition) is 5. The molecule has 0 aliphatic rings. The Morgan fingerprint density at radius 3 is 1.73 bits per heavy atom. The molecule has 2 rings (SSSR count). The maximum absolute atomic E-state index is 12.8. The van der Waals surface area contributed by atoms with Crippen molar-refractivity contribution in [3.05, 3.63) is 28.6 Å². The molecular weight excluding hydrogens is 464 g/mol. The lowest BCUT2D eigenvalue weighted by molar-refractivity contribution is 0.210. The van der Waals surface area contributed by atoms with Crippen LogP contribution in [0.3, 0.4) is 0 Å². The van der Waals surface area contributed by atoms with Gasteiger partial charge in [-0.15, -0.1) is 0 Å². The minimum absolute atomic E-state index is 0.153. The summed E-state index contributed by atoms with van der Waals surface area (Å²) in [5, 5.41) is 0.745. The van der Waals surface area contributed by atoms with Gasteiger partial charge in [0.1, 0.15) is 11.3 Å². The van der Waals surface area contributed by atoms with Gasteiger partial charge in [0.25, 0.3) is 0 Å². The number of rotatable bonds is 22. The van der Waals surface area contributed by atoms with Gasteiger partial charge in [0.15, 0.2) is 5.75 Å². The van der Waals surface area contributed by atoms with E-state index in [4.69, 9.17) is 18.6 Å². The number of fused-ring (bicyclic) bond motifs is 1. The Hall–Kier alpha value is -2.17. The first-order chi connectivity index (χ1) is 18.1. The number of ether oxygens (including phenoxy) is 3. The Morgan fingerprint density at radius 2 is 1.19 bits per heavy atom. The Labute approximate surface area is 225 Å².